The Morgan fingerprint density at radius 1 is 1.26 bits per heavy atom. The summed E-state index contributed by atoms with van der Waals surface area (Å²) in [5.74, 6) is 0.685. The highest BCUT2D eigenvalue weighted by atomic mass is 32.2. The number of hydrogen-bond donors (Lipinski definition) is 2. The minimum absolute atomic E-state index is 0.0774. The summed E-state index contributed by atoms with van der Waals surface area (Å²) in [5, 5.41) is 3.02. The number of carbonyl (C=O) groups excluding carboxylic acids is 1. The fraction of sp³-hybridized carbons (Fsp3) is 0.222. The first-order valence-electron chi connectivity index (χ1n) is 7.48. The van der Waals surface area contributed by atoms with Crippen molar-refractivity contribution in [2.24, 2.45) is 0 Å². The lowest BCUT2D eigenvalue weighted by molar-refractivity contribution is 0.0937. The zero-order valence-corrected chi connectivity index (χ0v) is 14.2. The molecule has 0 radical (unpaired) electrons. The summed E-state index contributed by atoms with van der Waals surface area (Å²) in [4.78, 5) is 21.5. The maximum atomic E-state index is 12.6. The second-order valence-corrected chi connectivity index (χ2v) is 6.39. The van der Waals surface area contributed by atoms with E-state index in [1.807, 2.05) is 62.6 Å². The van der Waals surface area contributed by atoms with Gasteiger partial charge in [-0.1, -0.05) is 18.2 Å². The van der Waals surface area contributed by atoms with E-state index in [2.05, 4.69) is 15.3 Å². The maximum absolute atomic E-state index is 12.6. The van der Waals surface area contributed by atoms with Gasteiger partial charge >= 0.3 is 0 Å². The average Bonchev–Trinajstić information content (AvgIpc) is 2.99. The first-order chi connectivity index (χ1) is 11.1. The van der Waals surface area contributed by atoms with Crippen LogP contribution in [-0.4, -0.2) is 22.1 Å². The van der Waals surface area contributed by atoms with Crippen LogP contribution in [-0.2, 0) is 0 Å². The van der Waals surface area contributed by atoms with Gasteiger partial charge in [0.2, 0.25) is 0 Å². The predicted octanol–water partition coefficient (Wildman–Crippen LogP) is 4.08. The molecule has 0 saturated carbocycles. The van der Waals surface area contributed by atoms with Crippen molar-refractivity contribution in [3.63, 3.8) is 0 Å². The topological polar surface area (TPSA) is 57.8 Å². The summed E-state index contributed by atoms with van der Waals surface area (Å²) < 4.78 is 0. The minimum Gasteiger partial charge on any atom is -0.342 e. The summed E-state index contributed by atoms with van der Waals surface area (Å²) in [6, 6.07) is 13.6. The summed E-state index contributed by atoms with van der Waals surface area (Å²) >= 11 is 1.63. The molecular formula is C18H19N3OS. The van der Waals surface area contributed by atoms with E-state index < -0.39 is 0 Å². The first-order valence-corrected chi connectivity index (χ1v) is 8.71. The molecule has 2 N–H and O–H groups in total. The van der Waals surface area contributed by atoms with Gasteiger partial charge in [-0.15, -0.1) is 11.8 Å². The van der Waals surface area contributed by atoms with Crippen molar-refractivity contribution < 1.29 is 4.79 Å². The molecule has 0 spiro atoms. The molecule has 3 aromatic rings. The normalized spacial score (nSPS) is 12.3. The molecule has 1 amide bonds. The summed E-state index contributed by atoms with van der Waals surface area (Å²) in [7, 11) is 0. The minimum atomic E-state index is -0.188. The monoisotopic (exact) mass is 325 g/mol. The largest absolute Gasteiger partial charge is 0.342 e. The molecule has 0 fully saturated rings. The number of nitrogens with zero attached hydrogens (tertiary/aromatic N) is 1. The lowest BCUT2D eigenvalue weighted by Gasteiger charge is -2.13. The SMILES string of the molecule is CSc1ccc(C)c(C(=O)NC(C)c2nc3ccccc3[nH]2)c1. The van der Waals surface area contributed by atoms with Crippen LogP contribution in [0.3, 0.4) is 0 Å². The van der Waals surface area contributed by atoms with Gasteiger partial charge in [-0.05, 0) is 49.9 Å². The summed E-state index contributed by atoms with van der Waals surface area (Å²) in [5.41, 5.74) is 3.56. The van der Waals surface area contributed by atoms with Crippen LogP contribution in [0.25, 0.3) is 11.0 Å². The molecule has 1 atom stereocenters. The molecule has 1 unspecified atom stereocenters. The predicted molar refractivity (Wildman–Crippen MR) is 94.9 cm³/mol. The zero-order valence-electron chi connectivity index (χ0n) is 13.4. The number of fused-ring (bicyclic) bond motifs is 1. The van der Waals surface area contributed by atoms with Crippen LogP contribution in [0.1, 0.15) is 34.7 Å². The Morgan fingerprint density at radius 2 is 2.04 bits per heavy atom. The smallest absolute Gasteiger partial charge is 0.252 e. The first kappa shape index (κ1) is 15.6. The maximum Gasteiger partial charge on any atom is 0.252 e. The van der Waals surface area contributed by atoms with Crippen molar-refractivity contribution in [3.05, 3.63) is 59.4 Å². The second kappa shape index (κ2) is 6.46. The summed E-state index contributed by atoms with van der Waals surface area (Å²) in [6.07, 6.45) is 2.00. The number of benzene rings is 2. The number of thioether (sulfide) groups is 1. The highest BCUT2D eigenvalue weighted by Crippen LogP contribution is 2.20. The number of imidazole rings is 1. The van der Waals surface area contributed by atoms with E-state index in [0.29, 0.717) is 5.56 Å². The van der Waals surface area contributed by atoms with Crippen LogP contribution >= 0.6 is 11.8 Å². The molecule has 2 aromatic carbocycles. The van der Waals surface area contributed by atoms with Gasteiger partial charge in [0.15, 0.2) is 0 Å². The molecule has 118 valence electrons. The lowest BCUT2D eigenvalue weighted by atomic mass is 10.1. The number of aromatic nitrogens is 2. The van der Waals surface area contributed by atoms with Crippen molar-refractivity contribution >= 4 is 28.7 Å². The van der Waals surface area contributed by atoms with Crippen LogP contribution in [0.2, 0.25) is 0 Å². The molecule has 4 nitrogen and oxygen atoms in total. The number of hydrogen-bond acceptors (Lipinski definition) is 3. The Bertz CT molecular complexity index is 823. The Labute approximate surface area is 139 Å². The van der Waals surface area contributed by atoms with E-state index >= 15 is 0 Å². The van der Waals surface area contributed by atoms with E-state index in [1.54, 1.807) is 11.8 Å². The molecule has 0 aliphatic heterocycles. The molecule has 1 heterocycles. The van der Waals surface area contributed by atoms with E-state index in [0.717, 1.165) is 27.3 Å². The number of nitrogens with one attached hydrogen (secondary N) is 2. The number of amides is 1. The highest BCUT2D eigenvalue weighted by Gasteiger charge is 2.16. The third-order valence-electron chi connectivity index (χ3n) is 3.85. The number of carbonyl (C=O) groups is 1. The standard InChI is InChI=1S/C18H19N3OS/c1-11-8-9-13(23-3)10-14(11)18(22)19-12(2)17-20-15-6-4-5-7-16(15)21-17/h4-10,12H,1-3H3,(H,19,22)(H,20,21). The van der Waals surface area contributed by atoms with Gasteiger partial charge in [0.25, 0.3) is 5.91 Å². The van der Waals surface area contributed by atoms with Crippen molar-refractivity contribution in [2.45, 2.75) is 24.8 Å². The second-order valence-electron chi connectivity index (χ2n) is 5.52. The fourth-order valence-electron chi connectivity index (χ4n) is 2.49. The molecular weight excluding hydrogens is 306 g/mol. The third-order valence-corrected chi connectivity index (χ3v) is 4.58. The van der Waals surface area contributed by atoms with Crippen LogP contribution in [0.4, 0.5) is 0 Å². The van der Waals surface area contributed by atoms with E-state index in [9.17, 15) is 4.79 Å². The summed E-state index contributed by atoms with van der Waals surface area (Å²) in [6.45, 7) is 3.88. The van der Waals surface area contributed by atoms with Crippen LogP contribution < -0.4 is 5.32 Å². The van der Waals surface area contributed by atoms with Crippen molar-refractivity contribution in [2.75, 3.05) is 6.26 Å². The van der Waals surface area contributed by atoms with E-state index in [-0.39, 0.29) is 11.9 Å². The molecule has 1 aromatic heterocycles. The molecule has 0 aliphatic rings. The molecule has 0 saturated heterocycles. The molecule has 0 aliphatic carbocycles. The van der Waals surface area contributed by atoms with Gasteiger partial charge in [-0.2, -0.15) is 0 Å². The number of aromatic amines is 1. The Kier molecular flexibility index (Phi) is 4.39. The number of H-pyrrole nitrogens is 1. The van der Waals surface area contributed by atoms with Gasteiger partial charge in [-0.3, -0.25) is 4.79 Å². The Balaban J connectivity index is 1.81. The van der Waals surface area contributed by atoms with Crippen molar-refractivity contribution in [1.82, 2.24) is 15.3 Å². The van der Waals surface area contributed by atoms with Gasteiger partial charge in [0, 0.05) is 10.5 Å². The Hall–Kier alpha value is -2.27. The quantitative estimate of drug-likeness (QED) is 0.711. The fourth-order valence-corrected chi connectivity index (χ4v) is 2.93. The van der Waals surface area contributed by atoms with Gasteiger partial charge in [0.1, 0.15) is 5.82 Å². The Morgan fingerprint density at radius 3 is 2.78 bits per heavy atom. The number of para-hydroxylation sites is 2. The molecule has 23 heavy (non-hydrogen) atoms. The van der Waals surface area contributed by atoms with Crippen molar-refractivity contribution in [1.29, 1.82) is 0 Å². The van der Waals surface area contributed by atoms with E-state index in [1.165, 1.54) is 0 Å². The number of rotatable bonds is 4. The van der Waals surface area contributed by atoms with Crippen LogP contribution in [0, 0.1) is 6.92 Å². The average molecular weight is 325 g/mol. The third kappa shape index (κ3) is 3.24. The van der Waals surface area contributed by atoms with Gasteiger partial charge in [0.05, 0.1) is 17.1 Å². The highest BCUT2D eigenvalue weighted by molar-refractivity contribution is 7.98. The van der Waals surface area contributed by atoms with Gasteiger partial charge < -0.3 is 10.3 Å². The van der Waals surface area contributed by atoms with Crippen LogP contribution in [0.5, 0.6) is 0 Å². The zero-order chi connectivity index (χ0) is 16.4. The van der Waals surface area contributed by atoms with Gasteiger partial charge in [-0.25, -0.2) is 4.98 Å². The molecule has 0 bridgehead atoms. The molecule has 3 rings (SSSR count). The lowest BCUT2D eigenvalue weighted by Crippen LogP contribution is -2.28. The van der Waals surface area contributed by atoms with Crippen LogP contribution in [0.15, 0.2) is 47.4 Å². The van der Waals surface area contributed by atoms with Crippen molar-refractivity contribution in [3.8, 4) is 0 Å². The van der Waals surface area contributed by atoms with E-state index in [4.69, 9.17) is 0 Å². The molecule has 5 heteroatoms. The number of aryl methyl sites for hydroxylation is 1.